The molecular weight excluding hydrogens is 182 g/mol. The van der Waals surface area contributed by atoms with E-state index in [1.807, 2.05) is 23.6 Å². The zero-order chi connectivity index (χ0) is 9.10. The second-order valence-corrected chi connectivity index (χ2v) is 3.35. The van der Waals surface area contributed by atoms with E-state index in [0.29, 0.717) is 0 Å². The van der Waals surface area contributed by atoms with Gasteiger partial charge < -0.3 is 5.73 Å². The smallest absolute Gasteiger partial charge is 0.0754 e. The summed E-state index contributed by atoms with van der Waals surface area (Å²) in [5.74, 6) is 0. The lowest BCUT2D eigenvalue weighted by molar-refractivity contribution is 0.843. The summed E-state index contributed by atoms with van der Waals surface area (Å²) in [5.41, 5.74) is 7.93. The third-order valence-corrected chi connectivity index (χ3v) is 2.42. The van der Waals surface area contributed by atoms with Gasteiger partial charge in [-0.15, -0.1) is 0 Å². The van der Waals surface area contributed by atoms with Gasteiger partial charge in [-0.2, -0.15) is 4.37 Å². The zero-order valence-corrected chi connectivity index (χ0v) is 7.74. The summed E-state index contributed by atoms with van der Waals surface area (Å²) >= 11 is 1.42. The first-order chi connectivity index (χ1) is 6.38. The van der Waals surface area contributed by atoms with Crippen LogP contribution >= 0.6 is 11.5 Å². The zero-order valence-electron chi connectivity index (χ0n) is 6.92. The van der Waals surface area contributed by atoms with E-state index in [-0.39, 0.29) is 6.04 Å². The first-order valence-corrected chi connectivity index (χ1v) is 4.77. The van der Waals surface area contributed by atoms with Crippen LogP contribution in [0, 0.1) is 0 Å². The van der Waals surface area contributed by atoms with Crippen LogP contribution in [-0.2, 0) is 0 Å². The van der Waals surface area contributed by atoms with E-state index < -0.39 is 0 Å². The molecule has 0 saturated carbocycles. The summed E-state index contributed by atoms with van der Waals surface area (Å²) in [7, 11) is 0. The molecule has 2 rings (SSSR count). The van der Waals surface area contributed by atoms with E-state index in [1.165, 1.54) is 11.5 Å². The van der Waals surface area contributed by atoms with Gasteiger partial charge in [-0.05, 0) is 35.3 Å². The standard InChI is InChI=1S/C9H9N3S/c10-9(8-3-6-13-12-8)7-1-4-11-5-2-7/h1-6,9H,10H2. The van der Waals surface area contributed by atoms with E-state index in [9.17, 15) is 0 Å². The molecule has 0 spiro atoms. The highest BCUT2D eigenvalue weighted by Gasteiger charge is 2.09. The van der Waals surface area contributed by atoms with E-state index in [4.69, 9.17) is 5.73 Å². The Kier molecular flexibility index (Phi) is 2.33. The fourth-order valence-corrected chi connectivity index (χ4v) is 1.68. The van der Waals surface area contributed by atoms with Crippen molar-refractivity contribution in [1.82, 2.24) is 9.36 Å². The summed E-state index contributed by atoms with van der Waals surface area (Å²) in [5, 5.41) is 1.93. The van der Waals surface area contributed by atoms with Gasteiger partial charge in [-0.25, -0.2) is 0 Å². The van der Waals surface area contributed by atoms with Gasteiger partial charge in [0.15, 0.2) is 0 Å². The molecule has 3 nitrogen and oxygen atoms in total. The highest BCUT2D eigenvalue weighted by Crippen LogP contribution is 2.17. The Bertz CT molecular complexity index is 358. The SMILES string of the molecule is NC(c1ccncc1)c1ccsn1. The van der Waals surface area contributed by atoms with Crippen LogP contribution in [0.3, 0.4) is 0 Å². The molecule has 0 bridgehead atoms. The minimum atomic E-state index is -0.130. The molecule has 0 amide bonds. The molecule has 2 aromatic rings. The number of hydrogen-bond donors (Lipinski definition) is 1. The largest absolute Gasteiger partial charge is 0.319 e. The first kappa shape index (κ1) is 8.34. The predicted octanol–water partition coefficient (Wildman–Crippen LogP) is 1.59. The van der Waals surface area contributed by atoms with Crippen LogP contribution in [-0.4, -0.2) is 9.36 Å². The summed E-state index contributed by atoms with van der Waals surface area (Å²) in [6.07, 6.45) is 3.48. The fraction of sp³-hybridized carbons (Fsp3) is 0.111. The second kappa shape index (κ2) is 3.64. The molecule has 4 heteroatoms. The second-order valence-electron chi connectivity index (χ2n) is 2.68. The van der Waals surface area contributed by atoms with Crippen LogP contribution in [0.4, 0.5) is 0 Å². The molecule has 2 heterocycles. The lowest BCUT2D eigenvalue weighted by Crippen LogP contribution is -2.11. The van der Waals surface area contributed by atoms with Gasteiger partial charge in [0.1, 0.15) is 0 Å². The molecule has 0 aliphatic rings. The van der Waals surface area contributed by atoms with Gasteiger partial charge in [0, 0.05) is 17.8 Å². The Hall–Kier alpha value is -1.26. The maximum Gasteiger partial charge on any atom is 0.0754 e. The van der Waals surface area contributed by atoms with Crippen molar-refractivity contribution in [2.24, 2.45) is 5.73 Å². The predicted molar refractivity (Wildman–Crippen MR) is 52.4 cm³/mol. The van der Waals surface area contributed by atoms with Gasteiger partial charge in [-0.3, -0.25) is 4.98 Å². The molecule has 0 aromatic carbocycles. The molecule has 0 radical (unpaired) electrons. The first-order valence-electron chi connectivity index (χ1n) is 3.93. The molecule has 0 aliphatic heterocycles. The fourth-order valence-electron chi connectivity index (χ4n) is 1.12. The van der Waals surface area contributed by atoms with Crippen LogP contribution in [0.15, 0.2) is 36.0 Å². The van der Waals surface area contributed by atoms with Crippen LogP contribution in [0.25, 0.3) is 0 Å². The topological polar surface area (TPSA) is 51.8 Å². The summed E-state index contributed by atoms with van der Waals surface area (Å²) < 4.78 is 4.19. The lowest BCUT2D eigenvalue weighted by atomic mass is 10.1. The van der Waals surface area contributed by atoms with Gasteiger partial charge in [-0.1, -0.05) is 0 Å². The maximum absolute atomic E-state index is 5.98. The van der Waals surface area contributed by atoms with Crippen LogP contribution in [0.1, 0.15) is 17.3 Å². The molecular formula is C9H9N3S. The molecule has 1 atom stereocenters. The van der Waals surface area contributed by atoms with Gasteiger partial charge in [0.05, 0.1) is 11.7 Å². The summed E-state index contributed by atoms with van der Waals surface area (Å²) in [4.78, 5) is 3.94. The van der Waals surface area contributed by atoms with Crippen molar-refractivity contribution in [3.05, 3.63) is 47.2 Å². The van der Waals surface area contributed by atoms with E-state index >= 15 is 0 Å². The molecule has 2 aromatic heterocycles. The third-order valence-electron chi connectivity index (χ3n) is 1.84. The summed E-state index contributed by atoms with van der Waals surface area (Å²) in [6, 6.07) is 5.62. The van der Waals surface area contributed by atoms with Gasteiger partial charge >= 0.3 is 0 Å². The Balaban J connectivity index is 2.29. The normalized spacial score (nSPS) is 12.7. The Morgan fingerprint density at radius 2 is 2.00 bits per heavy atom. The minimum Gasteiger partial charge on any atom is -0.319 e. The number of nitrogens with two attached hydrogens (primary N) is 1. The average molecular weight is 191 g/mol. The monoisotopic (exact) mass is 191 g/mol. The van der Waals surface area contributed by atoms with Crippen molar-refractivity contribution in [3.8, 4) is 0 Å². The van der Waals surface area contributed by atoms with Crippen molar-refractivity contribution in [2.75, 3.05) is 0 Å². The van der Waals surface area contributed by atoms with Crippen LogP contribution < -0.4 is 5.73 Å². The molecule has 66 valence electrons. The van der Waals surface area contributed by atoms with Crippen LogP contribution in [0.5, 0.6) is 0 Å². The highest BCUT2D eigenvalue weighted by molar-refractivity contribution is 7.03. The van der Waals surface area contributed by atoms with Gasteiger partial charge in [0.25, 0.3) is 0 Å². The highest BCUT2D eigenvalue weighted by atomic mass is 32.1. The number of nitrogens with zero attached hydrogens (tertiary/aromatic N) is 2. The molecule has 13 heavy (non-hydrogen) atoms. The number of aromatic nitrogens is 2. The van der Waals surface area contributed by atoms with Crippen molar-refractivity contribution < 1.29 is 0 Å². The van der Waals surface area contributed by atoms with E-state index in [2.05, 4.69) is 9.36 Å². The van der Waals surface area contributed by atoms with E-state index in [0.717, 1.165) is 11.3 Å². The van der Waals surface area contributed by atoms with Crippen molar-refractivity contribution in [1.29, 1.82) is 0 Å². The summed E-state index contributed by atoms with van der Waals surface area (Å²) in [6.45, 7) is 0. The molecule has 2 N–H and O–H groups in total. The van der Waals surface area contributed by atoms with Crippen molar-refractivity contribution >= 4 is 11.5 Å². The Morgan fingerprint density at radius 1 is 1.23 bits per heavy atom. The van der Waals surface area contributed by atoms with Gasteiger partial charge in [0.2, 0.25) is 0 Å². The molecule has 1 unspecified atom stereocenters. The van der Waals surface area contributed by atoms with E-state index in [1.54, 1.807) is 12.4 Å². The Morgan fingerprint density at radius 3 is 2.62 bits per heavy atom. The minimum absolute atomic E-state index is 0.130. The number of pyridine rings is 1. The maximum atomic E-state index is 5.98. The number of hydrogen-bond acceptors (Lipinski definition) is 4. The Labute approximate surface area is 80.4 Å². The van der Waals surface area contributed by atoms with Crippen molar-refractivity contribution in [2.45, 2.75) is 6.04 Å². The molecule has 0 fully saturated rings. The quantitative estimate of drug-likeness (QED) is 0.784. The lowest BCUT2D eigenvalue weighted by Gasteiger charge is -2.07. The molecule has 0 saturated heterocycles. The average Bonchev–Trinajstić information content (AvgIpc) is 2.71. The van der Waals surface area contributed by atoms with Crippen LogP contribution in [0.2, 0.25) is 0 Å². The number of rotatable bonds is 2. The van der Waals surface area contributed by atoms with Crippen molar-refractivity contribution in [3.63, 3.8) is 0 Å². The third kappa shape index (κ3) is 1.74. The molecule has 0 aliphatic carbocycles.